The summed E-state index contributed by atoms with van der Waals surface area (Å²) in [6, 6.07) is 11.8. The Morgan fingerprint density at radius 2 is 2.04 bits per heavy atom. The molecule has 0 aliphatic carbocycles. The van der Waals surface area contributed by atoms with E-state index in [4.69, 9.17) is 5.73 Å². The van der Waals surface area contributed by atoms with Crippen molar-refractivity contribution in [1.82, 2.24) is 19.1 Å². The molecule has 6 nitrogen and oxygen atoms in total. The number of anilines is 1. The summed E-state index contributed by atoms with van der Waals surface area (Å²) in [5.41, 5.74) is 11.8. The predicted octanol–water partition coefficient (Wildman–Crippen LogP) is 2.05. The monoisotopic (exact) mass is 307 g/mol. The van der Waals surface area contributed by atoms with Gasteiger partial charge in [-0.3, -0.25) is 0 Å². The van der Waals surface area contributed by atoms with Gasteiger partial charge in [-0.15, -0.1) is 0 Å². The number of hydrogen-bond donors (Lipinski definition) is 2. The highest BCUT2D eigenvalue weighted by atomic mass is 16.3. The van der Waals surface area contributed by atoms with E-state index in [1.807, 2.05) is 46.8 Å². The molecule has 2 heterocycles. The molecule has 0 atom stereocenters. The van der Waals surface area contributed by atoms with Crippen molar-refractivity contribution in [2.24, 2.45) is 7.05 Å². The minimum absolute atomic E-state index is 0.00402. The fourth-order valence-electron chi connectivity index (χ4n) is 2.97. The molecule has 4 aromatic rings. The molecule has 0 spiro atoms. The Morgan fingerprint density at radius 1 is 1.17 bits per heavy atom. The van der Waals surface area contributed by atoms with Crippen molar-refractivity contribution in [3.8, 4) is 0 Å². The van der Waals surface area contributed by atoms with Crippen LogP contribution in [0, 0.1) is 0 Å². The van der Waals surface area contributed by atoms with Crippen LogP contribution in [0.3, 0.4) is 0 Å². The number of aliphatic hydroxyl groups is 1. The van der Waals surface area contributed by atoms with E-state index in [2.05, 4.69) is 22.1 Å². The van der Waals surface area contributed by atoms with Crippen molar-refractivity contribution in [3.05, 3.63) is 53.9 Å². The van der Waals surface area contributed by atoms with E-state index >= 15 is 0 Å². The number of nitrogens with two attached hydrogens (primary N) is 1. The van der Waals surface area contributed by atoms with Gasteiger partial charge in [0.15, 0.2) is 0 Å². The van der Waals surface area contributed by atoms with Crippen LogP contribution in [0.4, 0.5) is 5.95 Å². The molecule has 2 aromatic carbocycles. The van der Waals surface area contributed by atoms with Crippen molar-refractivity contribution in [2.75, 3.05) is 5.73 Å². The average molecular weight is 307 g/mol. The fraction of sp³-hybridized carbons (Fsp3) is 0.176. The number of para-hydroxylation sites is 1. The van der Waals surface area contributed by atoms with Gasteiger partial charge in [0.05, 0.1) is 41.5 Å². The average Bonchev–Trinajstić information content (AvgIpc) is 3.08. The molecule has 3 N–H and O–H groups in total. The van der Waals surface area contributed by atoms with Gasteiger partial charge in [0.1, 0.15) is 0 Å². The van der Waals surface area contributed by atoms with Crippen LogP contribution in [0.2, 0.25) is 0 Å². The number of nitrogen functional groups attached to an aromatic ring is 1. The highest BCUT2D eigenvalue weighted by molar-refractivity contribution is 5.81. The third-order valence-electron chi connectivity index (χ3n) is 4.19. The lowest BCUT2D eigenvalue weighted by Crippen LogP contribution is -2.05. The third kappa shape index (κ3) is 2.15. The number of aryl methyl sites for hydroxylation is 1. The SMILES string of the molecule is Cn1cnc2c(Cn3c(N)nc4cc(CO)ccc43)cccc21. The highest BCUT2D eigenvalue weighted by Crippen LogP contribution is 2.23. The number of aliphatic hydroxyl groups excluding tert-OH is 1. The first kappa shape index (κ1) is 13.8. The van der Waals surface area contributed by atoms with Crippen molar-refractivity contribution < 1.29 is 5.11 Å². The molecule has 4 rings (SSSR count). The molecular formula is C17H17N5O. The molecule has 0 saturated heterocycles. The first-order valence-corrected chi connectivity index (χ1v) is 7.42. The lowest BCUT2D eigenvalue weighted by Gasteiger charge is -2.08. The third-order valence-corrected chi connectivity index (χ3v) is 4.19. The van der Waals surface area contributed by atoms with Crippen LogP contribution in [0.15, 0.2) is 42.7 Å². The molecule has 23 heavy (non-hydrogen) atoms. The van der Waals surface area contributed by atoms with Gasteiger partial charge in [0.2, 0.25) is 5.95 Å². The van der Waals surface area contributed by atoms with Gasteiger partial charge in [-0.2, -0.15) is 0 Å². The Kier molecular flexibility index (Phi) is 3.06. The smallest absolute Gasteiger partial charge is 0.201 e. The molecule has 0 amide bonds. The van der Waals surface area contributed by atoms with Crippen LogP contribution in [-0.4, -0.2) is 24.2 Å². The van der Waals surface area contributed by atoms with E-state index in [-0.39, 0.29) is 6.61 Å². The van der Waals surface area contributed by atoms with E-state index in [9.17, 15) is 5.11 Å². The summed E-state index contributed by atoms with van der Waals surface area (Å²) in [6.07, 6.45) is 1.82. The van der Waals surface area contributed by atoms with Gasteiger partial charge in [-0.05, 0) is 29.3 Å². The molecule has 0 radical (unpaired) electrons. The van der Waals surface area contributed by atoms with E-state index < -0.39 is 0 Å². The second kappa shape index (κ2) is 5.10. The Bertz CT molecular complexity index is 1010. The number of aromatic nitrogens is 4. The largest absolute Gasteiger partial charge is 0.392 e. The van der Waals surface area contributed by atoms with Gasteiger partial charge in [-0.25, -0.2) is 9.97 Å². The van der Waals surface area contributed by atoms with Gasteiger partial charge in [0.25, 0.3) is 0 Å². The molecular weight excluding hydrogens is 290 g/mol. The van der Waals surface area contributed by atoms with Crippen LogP contribution < -0.4 is 5.73 Å². The summed E-state index contributed by atoms with van der Waals surface area (Å²) in [4.78, 5) is 8.90. The maximum atomic E-state index is 9.25. The first-order chi connectivity index (χ1) is 11.2. The second-order valence-electron chi connectivity index (χ2n) is 5.68. The summed E-state index contributed by atoms with van der Waals surface area (Å²) < 4.78 is 3.97. The minimum atomic E-state index is -0.00402. The van der Waals surface area contributed by atoms with E-state index in [1.165, 1.54) is 0 Å². The number of nitrogens with zero attached hydrogens (tertiary/aromatic N) is 4. The molecule has 0 unspecified atom stereocenters. The van der Waals surface area contributed by atoms with Crippen LogP contribution in [0.5, 0.6) is 0 Å². The second-order valence-corrected chi connectivity index (χ2v) is 5.68. The van der Waals surface area contributed by atoms with Crippen LogP contribution in [-0.2, 0) is 20.2 Å². The van der Waals surface area contributed by atoms with Crippen LogP contribution >= 0.6 is 0 Å². The van der Waals surface area contributed by atoms with Crippen molar-refractivity contribution in [3.63, 3.8) is 0 Å². The Labute approximate surface area is 132 Å². The number of hydrogen-bond acceptors (Lipinski definition) is 4. The Hall–Kier alpha value is -2.86. The van der Waals surface area contributed by atoms with Crippen molar-refractivity contribution >= 4 is 28.0 Å². The summed E-state index contributed by atoms with van der Waals surface area (Å²) in [5, 5.41) is 9.25. The van der Waals surface area contributed by atoms with E-state index in [0.717, 1.165) is 33.2 Å². The highest BCUT2D eigenvalue weighted by Gasteiger charge is 2.12. The lowest BCUT2D eigenvalue weighted by atomic mass is 10.1. The molecule has 0 bridgehead atoms. The Morgan fingerprint density at radius 3 is 2.87 bits per heavy atom. The van der Waals surface area contributed by atoms with Gasteiger partial charge in [-0.1, -0.05) is 18.2 Å². The van der Waals surface area contributed by atoms with E-state index in [1.54, 1.807) is 0 Å². The molecule has 2 aromatic heterocycles. The molecule has 0 aliphatic rings. The van der Waals surface area contributed by atoms with Crippen molar-refractivity contribution in [1.29, 1.82) is 0 Å². The van der Waals surface area contributed by atoms with Crippen LogP contribution in [0.25, 0.3) is 22.1 Å². The van der Waals surface area contributed by atoms with Gasteiger partial charge in [0, 0.05) is 7.05 Å². The fourth-order valence-corrected chi connectivity index (χ4v) is 2.97. The Balaban J connectivity index is 1.84. The number of rotatable bonds is 3. The zero-order valence-electron chi connectivity index (χ0n) is 12.8. The summed E-state index contributed by atoms with van der Waals surface area (Å²) in [6.45, 7) is 0.602. The van der Waals surface area contributed by atoms with Crippen molar-refractivity contribution in [2.45, 2.75) is 13.2 Å². The molecule has 0 fully saturated rings. The zero-order valence-corrected chi connectivity index (χ0v) is 12.8. The van der Waals surface area contributed by atoms with Crippen LogP contribution in [0.1, 0.15) is 11.1 Å². The normalized spacial score (nSPS) is 11.6. The summed E-state index contributed by atoms with van der Waals surface area (Å²) in [7, 11) is 1.98. The molecule has 6 heteroatoms. The molecule has 0 aliphatic heterocycles. The summed E-state index contributed by atoms with van der Waals surface area (Å²) >= 11 is 0. The van der Waals surface area contributed by atoms with Gasteiger partial charge >= 0.3 is 0 Å². The topological polar surface area (TPSA) is 81.9 Å². The quantitative estimate of drug-likeness (QED) is 0.607. The van der Waals surface area contributed by atoms with Gasteiger partial charge < -0.3 is 20.0 Å². The maximum absolute atomic E-state index is 9.25. The van der Waals surface area contributed by atoms with E-state index in [0.29, 0.717) is 12.5 Å². The lowest BCUT2D eigenvalue weighted by molar-refractivity contribution is 0.282. The first-order valence-electron chi connectivity index (χ1n) is 7.42. The standard InChI is InChI=1S/C17H17N5O/c1-21-10-19-16-12(3-2-4-15(16)21)8-22-14-6-5-11(9-23)7-13(14)20-17(22)18/h2-7,10,23H,8-9H2,1H3,(H2,18,20). The summed E-state index contributed by atoms with van der Waals surface area (Å²) in [5.74, 6) is 0.461. The number of imidazole rings is 2. The maximum Gasteiger partial charge on any atom is 0.201 e. The predicted molar refractivity (Wildman–Crippen MR) is 89.9 cm³/mol. The zero-order chi connectivity index (χ0) is 16.0. The molecule has 0 saturated carbocycles. The minimum Gasteiger partial charge on any atom is -0.392 e. The number of benzene rings is 2. The molecule has 116 valence electrons. The number of fused-ring (bicyclic) bond motifs is 2.